The van der Waals surface area contributed by atoms with Crippen LogP contribution in [0.4, 0.5) is 11.4 Å². The molecule has 8 nitrogen and oxygen atoms in total. The highest BCUT2D eigenvalue weighted by Gasteiger charge is 2.20. The van der Waals surface area contributed by atoms with Gasteiger partial charge in [0.2, 0.25) is 0 Å². The lowest BCUT2D eigenvalue weighted by atomic mass is 10.2. The van der Waals surface area contributed by atoms with Crippen molar-refractivity contribution in [2.24, 2.45) is 0 Å². The number of anilines is 2. The number of benzene rings is 2. The summed E-state index contributed by atoms with van der Waals surface area (Å²) in [6.45, 7) is 6.62. The fraction of sp³-hybridized carbons (Fsp3) is 0.357. The van der Waals surface area contributed by atoms with Crippen LogP contribution in [0.2, 0.25) is 0 Å². The zero-order chi connectivity index (χ0) is 24.7. The minimum absolute atomic E-state index is 0.284. The van der Waals surface area contributed by atoms with Gasteiger partial charge in [-0.2, -0.15) is 4.68 Å². The first-order valence-corrected chi connectivity index (χ1v) is 12.8. The Morgan fingerprint density at radius 3 is 2.31 bits per heavy atom. The highest BCUT2D eigenvalue weighted by molar-refractivity contribution is 5.98. The number of hydrogen-bond donors (Lipinski definition) is 0. The minimum atomic E-state index is -0.284. The van der Waals surface area contributed by atoms with E-state index < -0.39 is 0 Å². The number of rotatable bonds is 9. The van der Waals surface area contributed by atoms with Crippen LogP contribution < -0.4 is 14.5 Å². The van der Waals surface area contributed by atoms with Crippen LogP contribution in [0.25, 0.3) is 11.0 Å². The first-order valence-electron chi connectivity index (χ1n) is 12.8. The second-order valence-electron chi connectivity index (χ2n) is 9.07. The van der Waals surface area contributed by atoms with E-state index >= 15 is 0 Å². The molecule has 1 fully saturated rings. The number of hydrogen-bond acceptors (Lipinski definition) is 7. The van der Waals surface area contributed by atoms with Gasteiger partial charge in [0.15, 0.2) is 0 Å². The molecule has 0 bridgehead atoms. The van der Waals surface area contributed by atoms with Crippen molar-refractivity contribution < 1.29 is 9.53 Å². The molecule has 4 aromatic rings. The van der Waals surface area contributed by atoms with Gasteiger partial charge >= 0.3 is 0 Å². The van der Waals surface area contributed by atoms with Crippen molar-refractivity contribution in [3.05, 3.63) is 72.6 Å². The Bertz CT molecular complexity index is 1280. The van der Waals surface area contributed by atoms with Crippen LogP contribution in [0.15, 0.2) is 66.9 Å². The summed E-state index contributed by atoms with van der Waals surface area (Å²) < 4.78 is 7.18. The Morgan fingerprint density at radius 2 is 1.58 bits per heavy atom. The second-order valence-corrected chi connectivity index (χ2v) is 9.07. The lowest BCUT2D eigenvalue weighted by molar-refractivity contribution is 0.0943. The molecule has 2 aromatic carbocycles. The number of para-hydroxylation sites is 1. The van der Waals surface area contributed by atoms with Crippen molar-refractivity contribution in [2.75, 3.05) is 42.6 Å². The van der Waals surface area contributed by atoms with E-state index in [4.69, 9.17) is 4.74 Å². The van der Waals surface area contributed by atoms with E-state index in [2.05, 4.69) is 56.3 Å². The highest BCUT2D eigenvalue weighted by Crippen LogP contribution is 2.23. The summed E-state index contributed by atoms with van der Waals surface area (Å²) in [6.07, 6.45) is 6.62. The van der Waals surface area contributed by atoms with Crippen LogP contribution in [-0.4, -0.2) is 58.7 Å². The van der Waals surface area contributed by atoms with E-state index in [1.54, 1.807) is 12.3 Å². The number of unbranched alkanes of at least 4 members (excludes halogenated alkanes) is 3. The summed E-state index contributed by atoms with van der Waals surface area (Å²) in [5, 5.41) is 8.07. The molecule has 0 atom stereocenters. The van der Waals surface area contributed by atoms with Gasteiger partial charge in [0.05, 0.1) is 24.0 Å². The van der Waals surface area contributed by atoms with Crippen molar-refractivity contribution in [3.8, 4) is 5.75 Å². The molecule has 0 aliphatic carbocycles. The van der Waals surface area contributed by atoms with Gasteiger partial charge in [-0.05, 0) is 55.0 Å². The predicted octanol–water partition coefficient (Wildman–Crippen LogP) is 4.80. The first kappa shape index (κ1) is 23.8. The fourth-order valence-corrected chi connectivity index (χ4v) is 4.52. The molecular formula is C28H32N6O2. The van der Waals surface area contributed by atoms with Crippen molar-refractivity contribution in [2.45, 2.75) is 32.6 Å². The number of aromatic nitrogens is 4. The van der Waals surface area contributed by atoms with E-state index in [1.165, 1.54) is 29.6 Å². The molecule has 36 heavy (non-hydrogen) atoms. The molecule has 0 radical (unpaired) electrons. The van der Waals surface area contributed by atoms with Gasteiger partial charge in [-0.25, -0.2) is 4.98 Å². The number of piperazine rings is 1. The number of pyridine rings is 1. The standard InChI is InChI=1S/C28H32N6O2/c1-2-3-4-7-20-36-24-13-10-22(11-14-24)32-16-18-33(19-17-32)23-12-15-26(29-21-23)28(35)34-27-9-6-5-8-25(27)30-31-34/h5-6,8-15,21H,2-4,7,16-20H2,1H3. The Kier molecular flexibility index (Phi) is 7.40. The Labute approximate surface area is 211 Å². The van der Waals surface area contributed by atoms with E-state index in [1.807, 2.05) is 30.3 Å². The van der Waals surface area contributed by atoms with Gasteiger partial charge in [-0.1, -0.05) is 43.5 Å². The zero-order valence-electron chi connectivity index (χ0n) is 20.7. The maximum absolute atomic E-state index is 12.9. The quantitative estimate of drug-likeness (QED) is 0.316. The van der Waals surface area contributed by atoms with Crippen molar-refractivity contribution >= 4 is 28.3 Å². The predicted molar refractivity (Wildman–Crippen MR) is 142 cm³/mol. The van der Waals surface area contributed by atoms with Crippen LogP contribution in [0, 0.1) is 0 Å². The normalized spacial score (nSPS) is 13.8. The third-order valence-electron chi connectivity index (χ3n) is 6.62. The van der Waals surface area contributed by atoms with Gasteiger partial charge in [0.25, 0.3) is 5.91 Å². The third kappa shape index (κ3) is 5.32. The summed E-state index contributed by atoms with van der Waals surface area (Å²) in [6, 6.07) is 19.6. The SMILES string of the molecule is CCCCCCOc1ccc(N2CCN(c3ccc(C(=O)n4nnc5ccccc54)nc3)CC2)cc1. The van der Waals surface area contributed by atoms with Crippen molar-refractivity contribution in [1.82, 2.24) is 20.0 Å². The van der Waals surface area contributed by atoms with Crippen LogP contribution in [0.5, 0.6) is 5.75 Å². The molecule has 1 aliphatic heterocycles. The lowest BCUT2D eigenvalue weighted by Gasteiger charge is -2.37. The van der Waals surface area contributed by atoms with Gasteiger partial charge in [0.1, 0.15) is 17.0 Å². The maximum Gasteiger partial charge on any atom is 0.298 e. The van der Waals surface area contributed by atoms with Gasteiger partial charge in [-0.3, -0.25) is 4.79 Å². The average molecular weight is 485 g/mol. The lowest BCUT2D eigenvalue weighted by Crippen LogP contribution is -2.46. The third-order valence-corrected chi connectivity index (χ3v) is 6.62. The molecule has 2 aromatic heterocycles. The van der Waals surface area contributed by atoms with E-state index in [0.29, 0.717) is 16.7 Å². The van der Waals surface area contributed by atoms with Crippen LogP contribution in [-0.2, 0) is 0 Å². The van der Waals surface area contributed by atoms with Gasteiger partial charge in [-0.15, -0.1) is 5.10 Å². The molecule has 186 valence electrons. The molecule has 1 aliphatic rings. The maximum atomic E-state index is 12.9. The number of fused-ring (bicyclic) bond motifs is 1. The highest BCUT2D eigenvalue weighted by atomic mass is 16.5. The monoisotopic (exact) mass is 484 g/mol. The Hall–Kier alpha value is -3.94. The van der Waals surface area contributed by atoms with E-state index in [9.17, 15) is 4.79 Å². The number of carbonyl (C=O) groups excluding carboxylic acids is 1. The summed E-state index contributed by atoms with van der Waals surface area (Å²) in [4.78, 5) is 22.0. The number of nitrogens with zero attached hydrogens (tertiary/aromatic N) is 6. The van der Waals surface area contributed by atoms with E-state index in [-0.39, 0.29) is 5.91 Å². The fourth-order valence-electron chi connectivity index (χ4n) is 4.52. The molecular weight excluding hydrogens is 452 g/mol. The summed E-state index contributed by atoms with van der Waals surface area (Å²) in [5.41, 5.74) is 3.94. The number of carbonyl (C=O) groups is 1. The van der Waals surface area contributed by atoms with Crippen LogP contribution in [0.3, 0.4) is 0 Å². The molecule has 0 N–H and O–H groups in total. The summed E-state index contributed by atoms with van der Waals surface area (Å²) >= 11 is 0. The van der Waals surface area contributed by atoms with Crippen molar-refractivity contribution in [3.63, 3.8) is 0 Å². The molecule has 5 rings (SSSR count). The number of ether oxygens (including phenoxy) is 1. The van der Waals surface area contributed by atoms with Crippen LogP contribution in [0.1, 0.15) is 43.1 Å². The second kappa shape index (κ2) is 11.2. The smallest absolute Gasteiger partial charge is 0.298 e. The summed E-state index contributed by atoms with van der Waals surface area (Å²) in [7, 11) is 0. The van der Waals surface area contributed by atoms with Gasteiger partial charge in [0, 0.05) is 31.9 Å². The molecule has 0 amide bonds. The topological polar surface area (TPSA) is 76.4 Å². The first-order chi connectivity index (χ1) is 17.7. The Morgan fingerprint density at radius 1 is 0.861 bits per heavy atom. The van der Waals surface area contributed by atoms with Gasteiger partial charge < -0.3 is 14.5 Å². The minimum Gasteiger partial charge on any atom is -0.494 e. The molecule has 0 unspecified atom stereocenters. The van der Waals surface area contributed by atoms with E-state index in [0.717, 1.165) is 50.6 Å². The largest absolute Gasteiger partial charge is 0.494 e. The van der Waals surface area contributed by atoms with Crippen LogP contribution >= 0.6 is 0 Å². The summed E-state index contributed by atoms with van der Waals surface area (Å²) in [5.74, 6) is 0.655. The Balaban J connectivity index is 1.14. The molecule has 3 heterocycles. The molecule has 8 heteroatoms. The zero-order valence-corrected chi connectivity index (χ0v) is 20.7. The molecule has 1 saturated heterocycles. The molecule has 0 spiro atoms. The molecule has 0 saturated carbocycles. The average Bonchev–Trinajstić information content (AvgIpc) is 3.37. The van der Waals surface area contributed by atoms with Crippen molar-refractivity contribution in [1.29, 1.82) is 0 Å².